The minimum Gasteiger partial charge on any atom is -0.490 e. The molecule has 2 aromatic rings. The van der Waals surface area contributed by atoms with Gasteiger partial charge in [-0.3, -0.25) is 4.79 Å². The molecule has 0 spiro atoms. The van der Waals surface area contributed by atoms with Gasteiger partial charge in [-0.15, -0.1) is 0 Å². The molecule has 0 aromatic heterocycles. The summed E-state index contributed by atoms with van der Waals surface area (Å²) >= 11 is 0. The van der Waals surface area contributed by atoms with E-state index >= 15 is 0 Å². The maximum absolute atomic E-state index is 14.1. The number of para-hydroxylation sites is 1. The Labute approximate surface area is 239 Å². The van der Waals surface area contributed by atoms with E-state index in [-0.39, 0.29) is 36.7 Å². The Morgan fingerprint density at radius 3 is 2.52 bits per heavy atom. The van der Waals surface area contributed by atoms with Crippen molar-refractivity contribution in [3.05, 3.63) is 54.1 Å². The first-order chi connectivity index (χ1) is 19.1. The van der Waals surface area contributed by atoms with Crippen molar-refractivity contribution < 1.29 is 24.2 Å². The molecule has 1 aliphatic heterocycles. The number of hydrogen-bond donors (Lipinski definition) is 2. The monoisotopic (exact) mass is 554 g/mol. The number of anilines is 2. The van der Waals surface area contributed by atoms with Gasteiger partial charge in [-0.05, 0) is 63.4 Å². The van der Waals surface area contributed by atoms with Crippen molar-refractivity contribution >= 4 is 23.3 Å². The molecule has 9 heteroatoms. The zero-order chi connectivity index (χ0) is 29.2. The minimum absolute atomic E-state index is 0.0778. The number of amides is 3. The highest BCUT2D eigenvalue weighted by Gasteiger charge is 2.31. The smallest absolute Gasteiger partial charge is 0.321 e. The number of aliphatic hydroxyl groups excluding tert-OH is 1. The number of nitrogens with one attached hydrogen (secondary N) is 1. The third-order valence-corrected chi connectivity index (χ3v) is 7.38. The molecule has 1 heterocycles. The molecule has 0 bridgehead atoms. The van der Waals surface area contributed by atoms with Gasteiger partial charge in [0.2, 0.25) is 0 Å². The highest BCUT2D eigenvalue weighted by Crippen LogP contribution is 2.29. The number of fused-ring (bicyclic) bond motifs is 1. The van der Waals surface area contributed by atoms with Crippen molar-refractivity contribution in [3.63, 3.8) is 0 Å². The Kier molecular flexibility index (Phi) is 11.6. The number of rotatable bonds is 6. The quantitative estimate of drug-likeness (QED) is 0.537. The Morgan fingerprint density at radius 1 is 1.12 bits per heavy atom. The molecule has 0 aliphatic carbocycles. The molecule has 2 aromatic carbocycles. The van der Waals surface area contributed by atoms with Gasteiger partial charge in [0.05, 0.1) is 30.4 Å². The second-order valence-electron chi connectivity index (χ2n) is 11.1. The highest BCUT2D eigenvalue weighted by atomic mass is 16.5. The first-order valence-electron chi connectivity index (χ1n) is 14.2. The van der Waals surface area contributed by atoms with Crippen LogP contribution in [-0.2, 0) is 4.74 Å². The van der Waals surface area contributed by atoms with Crippen LogP contribution in [0.5, 0.6) is 5.75 Å². The van der Waals surface area contributed by atoms with Gasteiger partial charge in [-0.1, -0.05) is 25.1 Å². The summed E-state index contributed by atoms with van der Waals surface area (Å²) in [6.45, 7) is 6.95. The molecule has 1 aliphatic rings. The summed E-state index contributed by atoms with van der Waals surface area (Å²) in [6, 6.07) is 14.4. The number of urea groups is 1. The van der Waals surface area contributed by atoms with E-state index in [4.69, 9.17) is 9.47 Å². The van der Waals surface area contributed by atoms with Gasteiger partial charge in [0.15, 0.2) is 0 Å². The summed E-state index contributed by atoms with van der Waals surface area (Å²) in [7, 11) is 5.61. The lowest BCUT2D eigenvalue weighted by Crippen LogP contribution is -2.48. The standard InChI is InChI=1S/C31H46N4O5/c1-22-19-35(23(2)21-36)30(37)27-18-26(33(4)5)15-16-28(27)40-24(3)12-10-11-17-39-29(22)20-34(6)31(38)32-25-13-8-7-9-14-25/h7-9,13-16,18,22-24,29,36H,10-12,17,19-21H2,1-6H3,(H,32,38)/t22-,23+,24-,29-/m1/s1. The second kappa shape index (κ2) is 14.9. The van der Waals surface area contributed by atoms with Crippen LogP contribution in [0.4, 0.5) is 16.2 Å². The van der Waals surface area contributed by atoms with E-state index in [0.29, 0.717) is 31.0 Å². The SMILES string of the molecule is C[C@@H]1CCCCO[C@H](CN(C)C(=O)Nc2ccccc2)[C@H](C)CN([C@@H](C)CO)C(=O)c2cc(N(C)C)ccc2O1. The number of benzene rings is 2. The lowest BCUT2D eigenvalue weighted by Gasteiger charge is -2.36. The van der Waals surface area contributed by atoms with Crippen molar-refractivity contribution in [2.24, 2.45) is 5.92 Å². The van der Waals surface area contributed by atoms with E-state index in [1.165, 1.54) is 0 Å². The van der Waals surface area contributed by atoms with Crippen LogP contribution in [0.15, 0.2) is 48.5 Å². The Bertz CT molecular complexity index is 1100. The summed E-state index contributed by atoms with van der Waals surface area (Å²) in [4.78, 5) is 32.3. The second-order valence-corrected chi connectivity index (χ2v) is 11.1. The zero-order valence-corrected chi connectivity index (χ0v) is 24.8. The lowest BCUT2D eigenvalue weighted by molar-refractivity contribution is -0.0115. The van der Waals surface area contributed by atoms with Crippen LogP contribution in [0, 0.1) is 5.92 Å². The minimum atomic E-state index is -0.420. The molecule has 2 N–H and O–H groups in total. The average Bonchev–Trinajstić information content (AvgIpc) is 2.94. The number of nitrogens with zero attached hydrogens (tertiary/aromatic N) is 3. The molecule has 4 atom stereocenters. The molecule has 40 heavy (non-hydrogen) atoms. The van der Waals surface area contributed by atoms with E-state index in [1.807, 2.05) is 88.3 Å². The van der Waals surface area contributed by atoms with Crippen molar-refractivity contribution in [1.29, 1.82) is 0 Å². The summed E-state index contributed by atoms with van der Waals surface area (Å²) in [5.41, 5.74) is 2.08. The molecule has 0 saturated heterocycles. The molecule has 0 saturated carbocycles. The van der Waals surface area contributed by atoms with E-state index in [1.54, 1.807) is 16.8 Å². The first kappa shape index (κ1) is 31.2. The number of ether oxygens (including phenoxy) is 2. The molecule has 0 unspecified atom stereocenters. The van der Waals surface area contributed by atoms with Crippen molar-refractivity contribution in [3.8, 4) is 5.75 Å². The first-order valence-corrected chi connectivity index (χ1v) is 14.2. The normalized spacial score (nSPS) is 21.4. The Hall–Kier alpha value is -3.30. The summed E-state index contributed by atoms with van der Waals surface area (Å²) in [5, 5.41) is 13.0. The average molecular weight is 555 g/mol. The van der Waals surface area contributed by atoms with Gasteiger partial charge in [0.1, 0.15) is 5.75 Å². The number of carbonyl (C=O) groups is 2. The molecule has 9 nitrogen and oxygen atoms in total. The summed E-state index contributed by atoms with van der Waals surface area (Å²) in [6.07, 6.45) is 2.21. The van der Waals surface area contributed by atoms with Crippen molar-refractivity contribution in [2.45, 2.75) is 58.3 Å². The fraction of sp³-hybridized carbons (Fsp3) is 0.548. The van der Waals surface area contributed by atoms with E-state index in [2.05, 4.69) is 5.32 Å². The predicted octanol–water partition coefficient (Wildman–Crippen LogP) is 4.71. The fourth-order valence-electron chi connectivity index (χ4n) is 4.74. The van der Waals surface area contributed by atoms with Crippen LogP contribution in [0.3, 0.4) is 0 Å². The number of aliphatic hydroxyl groups is 1. The van der Waals surface area contributed by atoms with Crippen molar-refractivity contribution in [2.75, 3.05) is 57.7 Å². The van der Waals surface area contributed by atoms with E-state index in [0.717, 1.165) is 30.6 Å². The van der Waals surface area contributed by atoms with Crippen LogP contribution in [0.25, 0.3) is 0 Å². The van der Waals surface area contributed by atoms with Gasteiger partial charge in [0.25, 0.3) is 5.91 Å². The predicted molar refractivity (Wildman–Crippen MR) is 159 cm³/mol. The number of hydrogen-bond acceptors (Lipinski definition) is 6. The fourth-order valence-corrected chi connectivity index (χ4v) is 4.74. The zero-order valence-electron chi connectivity index (χ0n) is 24.8. The van der Waals surface area contributed by atoms with Crippen LogP contribution >= 0.6 is 0 Å². The Balaban J connectivity index is 1.88. The van der Waals surface area contributed by atoms with Gasteiger partial charge in [-0.2, -0.15) is 0 Å². The van der Waals surface area contributed by atoms with Crippen LogP contribution in [0.2, 0.25) is 0 Å². The summed E-state index contributed by atoms with van der Waals surface area (Å²) in [5.74, 6) is 0.228. The van der Waals surface area contributed by atoms with Gasteiger partial charge < -0.3 is 34.6 Å². The maximum Gasteiger partial charge on any atom is 0.321 e. The van der Waals surface area contributed by atoms with Crippen LogP contribution in [0.1, 0.15) is 50.4 Å². The summed E-state index contributed by atoms with van der Waals surface area (Å²) < 4.78 is 12.6. The third kappa shape index (κ3) is 8.60. The lowest BCUT2D eigenvalue weighted by atomic mass is 10.0. The molecule has 220 valence electrons. The molecule has 0 fully saturated rings. The number of carbonyl (C=O) groups excluding carboxylic acids is 2. The topological polar surface area (TPSA) is 94.6 Å². The largest absolute Gasteiger partial charge is 0.490 e. The van der Waals surface area contributed by atoms with E-state index in [9.17, 15) is 14.7 Å². The van der Waals surface area contributed by atoms with Gasteiger partial charge in [0, 0.05) is 58.1 Å². The van der Waals surface area contributed by atoms with Crippen LogP contribution in [-0.4, -0.2) is 92.5 Å². The highest BCUT2D eigenvalue weighted by molar-refractivity contribution is 5.98. The number of likely N-dealkylation sites (N-methyl/N-ethyl adjacent to an activating group) is 1. The van der Waals surface area contributed by atoms with Gasteiger partial charge >= 0.3 is 6.03 Å². The van der Waals surface area contributed by atoms with E-state index < -0.39 is 6.04 Å². The molecular weight excluding hydrogens is 508 g/mol. The van der Waals surface area contributed by atoms with Crippen molar-refractivity contribution in [1.82, 2.24) is 9.80 Å². The molecule has 0 radical (unpaired) electrons. The Morgan fingerprint density at radius 2 is 1.85 bits per heavy atom. The maximum atomic E-state index is 14.1. The molecule has 3 rings (SSSR count). The van der Waals surface area contributed by atoms with Crippen LogP contribution < -0.4 is 15.0 Å². The molecule has 3 amide bonds. The molecular formula is C31H46N4O5. The third-order valence-electron chi connectivity index (χ3n) is 7.38. The van der Waals surface area contributed by atoms with Gasteiger partial charge in [-0.25, -0.2) is 4.79 Å².